The van der Waals surface area contributed by atoms with Crippen LogP contribution < -0.4 is 0 Å². The van der Waals surface area contributed by atoms with Crippen molar-refractivity contribution in [2.45, 2.75) is 10.8 Å². The molecular formula is C9H6Cl2N2S2. The van der Waals surface area contributed by atoms with E-state index in [0.29, 0.717) is 9.49 Å². The molecule has 78 valence electrons. The fourth-order valence-electron chi connectivity index (χ4n) is 0.943. The number of hydrogen-bond acceptors (Lipinski definition) is 4. The number of thiazole rings is 1. The normalized spacial score (nSPS) is 10.5. The van der Waals surface area contributed by atoms with Gasteiger partial charge in [-0.2, -0.15) is 0 Å². The number of hydrogen-bond donors (Lipinski definition) is 0. The summed E-state index contributed by atoms with van der Waals surface area (Å²) in [5.74, 6) is 0.832. The van der Waals surface area contributed by atoms with Crippen molar-refractivity contribution in [2.75, 3.05) is 0 Å². The zero-order valence-electron chi connectivity index (χ0n) is 7.48. The molecule has 0 fully saturated rings. The van der Waals surface area contributed by atoms with Crippen LogP contribution in [-0.4, -0.2) is 9.97 Å². The SMILES string of the molecule is Clc1ccc(SCc2cnc(Cl)s2)nc1. The van der Waals surface area contributed by atoms with Gasteiger partial charge in [0.05, 0.1) is 10.0 Å². The molecule has 6 heteroatoms. The summed E-state index contributed by atoms with van der Waals surface area (Å²) in [7, 11) is 0. The highest BCUT2D eigenvalue weighted by molar-refractivity contribution is 7.98. The monoisotopic (exact) mass is 276 g/mol. The molecule has 2 aromatic heterocycles. The summed E-state index contributed by atoms with van der Waals surface area (Å²) in [5, 5.41) is 1.60. The van der Waals surface area contributed by atoms with Gasteiger partial charge in [0.1, 0.15) is 0 Å². The Morgan fingerprint density at radius 2 is 2.07 bits per heavy atom. The van der Waals surface area contributed by atoms with Crippen LogP contribution in [0.5, 0.6) is 0 Å². The minimum atomic E-state index is 0.578. The van der Waals surface area contributed by atoms with Gasteiger partial charge in [-0.1, -0.05) is 23.2 Å². The molecule has 0 aliphatic rings. The second-order valence-corrected chi connectivity index (χ2v) is 5.81. The first kappa shape index (κ1) is 11.2. The number of pyridine rings is 1. The Morgan fingerprint density at radius 3 is 2.67 bits per heavy atom. The van der Waals surface area contributed by atoms with Crippen LogP contribution in [0.1, 0.15) is 4.88 Å². The molecular weight excluding hydrogens is 271 g/mol. The van der Waals surface area contributed by atoms with Gasteiger partial charge in [0, 0.05) is 23.0 Å². The number of aromatic nitrogens is 2. The van der Waals surface area contributed by atoms with Gasteiger partial charge in [0.15, 0.2) is 4.47 Å². The lowest BCUT2D eigenvalue weighted by atomic mass is 10.5. The third-order valence-corrected chi connectivity index (χ3v) is 4.10. The standard InChI is InChI=1S/C9H6Cl2N2S2/c10-6-1-2-8(12-3-6)14-5-7-4-13-9(11)15-7/h1-4H,5H2. The molecule has 0 unspecified atom stereocenters. The van der Waals surface area contributed by atoms with Crippen molar-refractivity contribution in [1.82, 2.24) is 9.97 Å². The van der Waals surface area contributed by atoms with E-state index in [-0.39, 0.29) is 0 Å². The molecule has 0 spiro atoms. The summed E-state index contributed by atoms with van der Waals surface area (Å²) in [4.78, 5) is 9.30. The predicted octanol–water partition coefficient (Wildman–Crippen LogP) is 4.14. The van der Waals surface area contributed by atoms with Crippen molar-refractivity contribution >= 4 is 46.3 Å². The van der Waals surface area contributed by atoms with Gasteiger partial charge in [0.2, 0.25) is 0 Å². The minimum Gasteiger partial charge on any atom is -0.248 e. The van der Waals surface area contributed by atoms with Crippen LogP contribution in [-0.2, 0) is 5.75 Å². The highest BCUT2D eigenvalue weighted by Crippen LogP contribution is 2.26. The Bertz CT molecular complexity index is 442. The summed E-state index contributed by atoms with van der Waals surface area (Å²) < 4.78 is 0.578. The number of halogens is 2. The van der Waals surface area contributed by atoms with Crippen LogP contribution in [0.2, 0.25) is 9.49 Å². The molecule has 2 rings (SSSR count). The quantitative estimate of drug-likeness (QED) is 0.789. The fraction of sp³-hybridized carbons (Fsp3) is 0.111. The second-order valence-electron chi connectivity index (χ2n) is 2.68. The smallest absolute Gasteiger partial charge is 0.183 e. The third kappa shape index (κ3) is 3.34. The maximum Gasteiger partial charge on any atom is 0.183 e. The van der Waals surface area contributed by atoms with Crippen LogP contribution >= 0.6 is 46.3 Å². The van der Waals surface area contributed by atoms with Crippen molar-refractivity contribution < 1.29 is 0 Å². The zero-order valence-corrected chi connectivity index (χ0v) is 10.6. The molecule has 0 N–H and O–H groups in total. The van der Waals surface area contributed by atoms with Crippen LogP contribution in [0, 0.1) is 0 Å². The Labute approximate surface area is 106 Å². The van der Waals surface area contributed by atoms with Crippen LogP contribution in [0.4, 0.5) is 0 Å². The van der Waals surface area contributed by atoms with E-state index < -0.39 is 0 Å². The average molecular weight is 277 g/mol. The van der Waals surface area contributed by atoms with Crippen molar-refractivity contribution in [3.63, 3.8) is 0 Å². The molecule has 0 aliphatic carbocycles. The van der Waals surface area contributed by atoms with E-state index in [0.717, 1.165) is 15.7 Å². The van der Waals surface area contributed by atoms with Gasteiger partial charge in [-0.05, 0) is 12.1 Å². The van der Waals surface area contributed by atoms with E-state index in [9.17, 15) is 0 Å². The van der Waals surface area contributed by atoms with E-state index in [1.165, 1.54) is 11.3 Å². The maximum atomic E-state index is 5.74. The molecule has 0 radical (unpaired) electrons. The van der Waals surface area contributed by atoms with Gasteiger partial charge in [-0.25, -0.2) is 9.97 Å². The Balaban J connectivity index is 1.96. The average Bonchev–Trinajstić information content (AvgIpc) is 2.64. The topological polar surface area (TPSA) is 25.8 Å². The third-order valence-electron chi connectivity index (χ3n) is 1.59. The predicted molar refractivity (Wildman–Crippen MR) is 65.9 cm³/mol. The summed E-state index contributed by atoms with van der Waals surface area (Å²) >= 11 is 14.6. The van der Waals surface area contributed by atoms with E-state index >= 15 is 0 Å². The van der Waals surface area contributed by atoms with Crippen LogP contribution in [0.3, 0.4) is 0 Å². The lowest BCUT2D eigenvalue weighted by Gasteiger charge is -1.97. The number of rotatable bonds is 3. The summed E-state index contributed by atoms with van der Waals surface area (Å²) in [5.41, 5.74) is 0. The van der Waals surface area contributed by atoms with E-state index in [2.05, 4.69) is 9.97 Å². The van der Waals surface area contributed by atoms with Gasteiger partial charge in [0.25, 0.3) is 0 Å². The fourth-order valence-corrected chi connectivity index (χ4v) is 2.90. The van der Waals surface area contributed by atoms with Crippen LogP contribution in [0.15, 0.2) is 29.6 Å². The Morgan fingerprint density at radius 1 is 1.20 bits per heavy atom. The highest BCUT2D eigenvalue weighted by Gasteiger charge is 2.01. The first-order valence-corrected chi connectivity index (χ1v) is 6.64. The molecule has 0 bridgehead atoms. The lowest BCUT2D eigenvalue weighted by Crippen LogP contribution is -1.79. The Kier molecular flexibility index (Phi) is 3.86. The molecule has 0 aliphatic heterocycles. The first-order chi connectivity index (χ1) is 7.24. The molecule has 2 aromatic rings. The van der Waals surface area contributed by atoms with Gasteiger partial charge >= 0.3 is 0 Å². The zero-order chi connectivity index (χ0) is 10.7. The maximum absolute atomic E-state index is 5.74. The molecule has 0 amide bonds. The van der Waals surface area contributed by atoms with E-state index in [4.69, 9.17) is 23.2 Å². The second kappa shape index (κ2) is 5.16. The molecule has 15 heavy (non-hydrogen) atoms. The van der Waals surface area contributed by atoms with Gasteiger partial charge in [-0.3, -0.25) is 0 Å². The lowest BCUT2D eigenvalue weighted by molar-refractivity contribution is 1.13. The molecule has 2 heterocycles. The molecule has 0 aromatic carbocycles. The van der Waals surface area contributed by atoms with Gasteiger partial charge < -0.3 is 0 Å². The minimum absolute atomic E-state index is 0.578. The molecule has 0 saturated heterocycles. The first-order valence-electron chi connectivity index (χ1n) is 4.08. The molecule has 0 atom stereocenters. The summed E-state index contributed by atoms with van der Waals surface area (Å²) in [6.07, 6.45) is 3.43. The summed E-state index contributed by atoms with van der Waals surface area (Å²) in [6, 6.07) is 3.73. The highest BCUT2D eigenvalue weighted by atomic mass is 35.5. The van der Waals surface area contributed by atoms with Crippen LogP contribution in [0.25, 0.3) is 0 Å². The van der Waals surface area contributed by atoms with Crippen molar-refractivity contribution in [1.29, 1.82) is 0 Å². The summed E-state index contributed by atoms with van der Waals surface area (Å²) in [6.45, 7) is 0. The van der Waals surface area contributed by atoms with E-state index in [1.807, 2.05) is 12.1 Å². The van der Waals surface area contributed by atoms with Crippen molar-refractivity contribution in [3.8, 4) is 0 Å². The molecule has 2 nitrogen and oxygen atoms in total. The van der Waals surface area contributed by atoms with Gasteiger partial charge in [-0.15, -0.1) is 23.1 Å². The molecule has 0 saturated carbocycles. The van der Waals surface area contributed by atoms with Crippen molar-refractivity contribution in [3.05, 3.63) is 38.9 Å². The largest absolute Gasteiger partial charge is 0.248 e. The number of nitrogens with zero attached hydrogens (tertiary/aromatic N) is 2. The number of thioether (sulfide) groups is 1. The van der Waals surface area contributed by atoms with E-state index in [1.54, 1.807) is 24.2 Å². The Hall–Kier alpha value is -0.290. The van der Waals surface area contributed by atoms with Crippen molar-refractivity contribution in [2.24, 2.45) is 0 Å².